The minimum absolute atomic E-state index is 0.200. The predicted octanol–water partition coefficient (Wildman–Crippen LogP) is 5.75. The molecule has 31 heavy (non-hydrogen) atoms. The molecule has 0 saturated carbocycles. The van der Waals surface area contributed by atoms with Gasteiger partial charge in [0.2, 0.25) is 11.8 Å². The first-order chi connectivity index (χ1) is 15.0. The van der Waals surface area contributed by atoms with Crippen LogP contribution in [0.4, 0.5) is 14.9 Å². The molecule has 1 unspecified atom stereocenters. The van der Waals surface area contributed by atoms with Crippen LogP contribution < -0.4 is 10.6 Å². The molecule has 3 aromatic carbocycles. The Labute approximate surface area is 183 Å². The van der Waals surface area contributed by atoms with Crippen molar-refractivity contribution >= 4 is 23.3 Å². The van der Waals surface area contributed by atoms with Crippen molar-refractivity contribution < 1.29 is 13.6 Å². The van der Waals surface area contributed by atoms with E-state index in [1.807, 2.05) is 30.3 Å². The highest BCUT2D eigenvalue weighted by molar-refractivity contribution is 6.30. The van der Waals surface area contributed by atoms with Gasteiger partial charge in [-0.3, -0.25) is 0 Å². The average Bonchev–Trinajstić information content (AvgIpc) is 3.26. The third-order valence-electron chi connectivity index (χ3n) is 4.62. The molecule has 4 aromatic rings. The summed E-state index contributed by atoms with van der Waals surface area (Å²) in [6, 6.07) is 19.4. The maximum Gasteiger partial charge on any atom is 0.320 e. The van der Waals surface area contributed by atoms with Crippen molar-refractivity contribution in [3.8, 4) is 11.5 Å². The van der Waals surface area contributed by atoms with Crippen LogP contribution in [0.15, 0.2) is 77.2 Å². The summed E-state index contributed by atoms with van der Waals surface area (Å²) in [5, 5.41) is 14.2. The number of aryl methyl sites for hydroxylation is 1. The van der Waals surface area contributed by atoms with Crippen LogP contribution in [0, 0.1) is 12.7 Å². The molecule has 2 N–H and O–H groups in total. The lowest BCUT2D eigenvalue weighted by Crippen LogP contribution is -2.33. The van der Waals surface area contributed by atoms with Gasteiger partial charge in [-0.1, -0.05) is 48.0 Å². The SMILES string of the molecule is Cc1ccc(NC(=O)NC(c2ccc(Cl)cc2)c2nnc(-c3ccccc3)o2)cc1F. The molecule has 0 spiro atoms. The van der Waals surface area contributed by atoms with Gasteiger partial charge in [0.05, 0.1) is 0 Å². The minimum atomic E-state index is -0.738. The summed E-state index contributed by atoms with van der Waals surface area (Å²) in [4.78, 5) is 12.6. The first-order valence-corrected chi connectivity index (χ1v) is 9.85. The summed E-state index contributed by atoms with van der Waals surface area (Å²) in [6.07, 6.45) is 0. The van der Waals surface area contributed by atoms with Crippen molar-refractivity contribution in [2.24, 2.45) is 0 Å². The van der Waals surface area contributed by atoms with E-state index in [4.69, 9.17) is 16.0 Å². The summed E-state index contributed by atoms with van der Waals surface area (Å²) in [5.74, 6) is 0.125. The van der Waals surface area contributed by atoms with Crippen LogP contribution in [0.2, 0.25) is 5.02 Å². The lowest BCUT2D eigenvalue weighted by molar-refractivity contribution is 0.248. The fraction of sp³-hybridized carbons (Fsp3) is 0.0870. The fourth-order valence-electron chi connectivity index (χ4n) is 2.96. The summed E-state index contributed by atoms with van der Waals surface area (Å²) < 4.78 is 19.7. The van der Waals surface area contributed by atoms with Gasteiger partial charge < -0.3 is 15.1 Å². The van der Waals surface area contributed by atoms with Crippen LogP contribution in [0.5, 0.6) is 0 Å². The first kappa shape index (κ1) is 20.6. The normalized spacial score (nSPS) is 11.7. The molecule has 8 heteroatoms. The van der Waals surface area contributed by atoms with Crippen molar-refractivity contribution in [3.05, 3.63) is 101 Å². The predicted molar refractivity (Wildman–Crippen MR) is 116 cm³/mol. The van der Waals surface area contributed by atoms with Crippen molar-refractivity contribution in [3.63, 3.8) is 0 Å². The van der Waals surface area contributed by atoms with Crippen LogP contribution in [0.3, 0.4) is 0 Å². The smallest absolute Gasteiger partial charge is 0.320 e. The number of aromatic nitrogens is 2. The van der Waals surface area contributed by atoms with Crippen LogP contribution in [0.1, 0.15) is 23.1 Å². The molecule has 0 bridgehead atoms. The average molecular weight is 437 g/mol. The maximum atomic E-state index is 13.8. The highest BCUT2D eigenvalue weighted by Crippen LogP contribution is 2.26. The Morgan fingerprint density at radius 1 is 1.03 bits per heavy atom. The van der Waals surface area contributed by atoms with Gasteiger partial charge in [-0.15, -0.1) is 10.2 Å². The monoisotopic (exact) mass is 436 g/mol. The molecule has 2 amide bonds. The van der Waals surface area contributed by atoms with Crippen LogP contribution in [-0.4, -0.2) is 16.2 Å². The van der Waals surface area contributed by atoms with E-state index in [1.165, 1.54) is 6.07 Å². The number of urea groups is 1. The highest BCUT2D eigenvalue weighted by atomic mass is 35.5. The number of anilines is 1. The number of nitrogens with one attached hydrogen (secondary N) is 2. The molecule has 4 rings (SSSR count). The van der Waals surface area contributed by atoms with Crippen molar-refractivity contribution in [2.75, 3.05) is 5.32 Å². The Morgan fingerprint density at radius 2 is 1.77 bits per heavy atom. The zero-order valence-electron chi connectivity index (χ0n) is 16.5. The molecule has 0 saturated heterocycles. The first-order valence-electron chi connectivity index (χ1n) is 9.47. The molecular formula is C23H18ClFN4O2. The number of nitrogens with zero attached hydrogens (tertiary/aromatic N) is 2. The Hall–Kier alpha value is -3.71. The number of benzene rings is 3. The molecule has 0 aliphatic heterocycles. The van der Waals surface area contributed by atoms with Crippen LogP contribution >= 0.6 is 11.6 Å². The number of hydrogen-bond acceptors (Lipinski definition) is 4. The molecule has 156 valence electrons. The third-order valence-corrected chi connectivity index (χ3v) is 4.87. The molecular weight excluding hydrogens is 419 g/mol. The largest absolute Gasteiger partial charge is 0.418 e. The molecule has 0 radical (unpaired) electrons. The molecule has 0 aliphatic rings. The third kappa shape index (κ3) is 4.90. The van der Waals surface area contributed by atoms with E-state index < -0.39 is 17.9 Å². The van der Waals surface area contributed by atoms with Gasteiger partial charge in [-0.05, 0) is 54.4 Å². The second-order valence-corrected chi connectivity index (χ2v) is 7.29. The molecule has 1 atom stereocenters. The standard InChI is InChI=1S/C23H18ClFN4O2/c1-14-7-12-18(13-19(14)25)26-23(30)27-20(15-8-10-17(24)11-9-15)22-29-28-21(31-22)16-5-3-2-4-6-16/h2-13,20H,1H3,(H2,26,27,30). The van der Waals surface area contributed by atoms with Gasteiger partial charge >= 0.3 is 6.03 Å². The second-order valence-electron chi connectivity index (χ2n) is 6.86. The summed E-state index contributed by atoms with van der Waals surface area (Å²) >= 11 is 6.00. The van der Waals surface area contributed by atoms with Gasteiger partial charge in [0.1, 0.15) is 11.9 Å². The Kier molecular flexibility index (Phi) is 5.95. The zero-order chi connectivity index (χ0) is 21.8. The molecule has 0 aliphatic carbocycles. The van der Waals surface area contributed by atoms with E-state index in [0.29, 0.717) is 27.7 Å². The van der Waals surface area contributed by atoms with Crippen molar-refractivity contribution in [1.29, 1.82) is 0 Å². The van der Waals surface area contributed by atoms with Gasteiger partial charge in [-0.25, -0.2) is 9.18 Å². The fourth-order valence-corrected chi connectivity index (χ4v) is 3.09. The number of hydrogen-bond donors (Lipinski definition) is 2. The van der Waals surface area contributed by atoms with E-state index in [-0.39, 0.29) is 5.89 Å². The highest BCUT2D eigenvalue weighted by Gasteiger charge is 2.24. The summed E-state index contributed by atoms with van der Waals surface area (Å²) in [6.45, 7) is 1.65. The Balaban J connectivity index is 1.60. The topological polar surface area (TPSA) is 80.0 Å². The van der Waals surface area contributed by atoms with Crippen LogP contribution in [-0.2, 0) is 0 Å². The quantitative estimate of drug-likeness (QED) is 0.417. The summed E-state index contributed by atoms with van der Waals surface area (Å²) in [5.41, 5.74) is 2.27. The van der Waals surface area contributed by atoms with E-state index >= 15 is 0 Å². The number of halogens is 2. The molecule has 0 fully saturated rings. The maximum absolute atomic E-state index is 13.8. The van der Waals surface area contributed by atoms with E-state index in [1.54, 1.807) is 43.3 Å². The molecule has 1 aromatic heterocycles. The van der Waals surface area contributed by atoms with Gasteiger partial charge in [0.25, 0.3) is 0 Å². The number of rotatable bonds is 5. The molecule has 6 nitrogen and oxygen atoms in total. The van der Waals surface area contributed by atoms with Crippen molar-refractivity contribution in [1.82, 2.24) is 15.5 Å². The van der Waals surface area contributed by atoms with Crippen LogP contribution in [0.25, 0.3) is 11.5 Å². The van der Waals surface area contributed by atoms with Gasteiger partial charge in [-0.2, -0.15) is 0 Å². The van der Waals surface area contributed by atoms with E-state index in [0.717, 1.165) is 5.56 Å². The Bertz CT molecular complexity index is 1200. The van der Waals surface area contributed by atoms with Crippen molar-refractivity contribution in [2.45, 2.75) is 13.0 Å². The zero-order valence-corrected chi connectivity index (χ0v) is 17.2. The van der Waals surface area contributed by atoms with E-state index in [9.17, 15) is 9.18 Å². The molecule has 1 heterocycles. The lowest BCUT2D eigenvalue weighted by Gasteiger charge is -2.16. The summed E-state index contributed by atoms with van der Waals surface area (Å²) in [7, 11) is 0. The lowest BCUT2D eigenvalue weighted by atomic mass is 10.1. The number of carbonyl (C=O) groups excluding carboxylic acids is 1. The van der Waals surface area contributed by atoms with Gasteiger partial charge in [0.15, 0.2) is 0 Å². The van der Waals surface area contributed by atoms with E-state index in [2.05, 4.69) is 20.8 Å². The Morgan fingerprint density at radius 3 is 2.48 bits per heavy atom. The van der Waals surface area contributed by atoms with Gasteiger partial charge in [0, 0.05) is 16.3 Å². The number of carbonyl (C=O) groups is 1. The number of amides is 2. The second kappa shape index (κ2) is 8.97. The minimum Gasteiger partial charge on any atom is -0.418 e.